The average Bonchev–Trinajstić information content (AvgIpc) is 2.87. The highest BCUT2D eigenvalue weighted by Crippen LogP contribution is 2.38. The third-order valence-corrected chi connectivity index (χ3v) is 6.86. The molecule has 0 radical (unpaired) electrons. The van der Waals surface area contributed by atoms with Crippen molar-refractivity contribution in [3.63, 3.8) is 0 Å². The van der Waals surface area contributed by atoms with E-state index in [4.69, 9.17) is 0 Å². The van der Waals surface area contributed by atoms with Gasteiger partial charge >= 0.3 is 5.97 Å². The predicted octanol–water partition coefficient (Wildman–Crippen LogP) is 4.40. The molecular formula is C27H27N3O2. The van der Waals surface area contributed by atoms with E-state index in [-0.39, 0.29) is 0 Å². The Bertz CT molecular complexity index is 1030. The van der Waals surface area contributed by atoms with E-state index in [1.54, 1.807) is 12.4 Å². The normalized spacial score (nSPS) is 17.7. The van der Waals surface area contributed by atoms with Crippen LogP contribution in [0.15, 0.2) is 85.2 Å². The van der Waals surface area contributed by atoms with Crippen LogP contribution in [0.1, 0.15) is 36.0 Å². The molecule has 1 saturated heterocycles. The van der Waals surface area contributed by atoms with Crippen molar-refractivity contribution < 1.29 is 9.90 Å². The number of carboxylic acids is 1. The summed E-state index contributed by atoms with van der Waals surface area (Å²) in [5.41, 5.74) is 1.08. The molecule has 162 valence electrons. The van der Waals surface area contributed by atoms with Crippen LogP contribution in [-0.4, -0.2) is 40.6 Å². The number of aliphatic carboxylic acids is 1. The van der Waals surface area contributed by atoms with Crippen molar-refractivity contribution in [3.8, 4) is 6.07 Å². The molecule has 5 heteroatoms. The van der Waals surface area contributed by atoms with Gasteiger partial charge in [-0.3, -0.25) is 9.78 Å². The number of pyridine rings is 1. The van der Waals surface area contributed by atoms with Gasteiger partial charge in [0.05, 0.1) is 11.5 Å². The lowest BCUT2D eigenvalue weighted by Crippen LogP contribution is -2.48. The quantitative estimate of drug-likeness (QED) is 0.607. The topological polar surface area (TPSA) is 77.2 Å². The molecule has 1 aliphatic heterocycles. The molecule has 1 fully saturated rings. The number of nitrogens with zero attached hydrogens (tertiary/aromatic N) is 3. The number of likely N-dealkylation sites (tertiary alicyclic amines) is 1. The number of benzene rings is 2. The highest BCUT2D eigenvalue weighted by atomic mass is 16.4. The molecule has 0 saturated carbocycles. The van der Waals surface area contributed by atoms with Gasteiger partial charge in [-0.2, -0.15) is 5.26 Å². The zero-order valence-corrected chi connectivity index (χ0v) is 18.0. The molecule has 1 atom stereocenters. The first-order valence-corrected chi connectivity index (χ1v) is 11.0. The van der Waals surface area contributed by atoms with Crippen LogP contribution >= 0.6 is 0 Å². The molecule has 1 N–H and O–H groups in total. The monoisotopic (exact) mass is 425 g/mol. The van der Waals surface area contributed by atoms with Crippen molar-refractivity contribution >= 4 is 5.97 Å². The van der Waals surface area contributed by atoms with E-state index in [0.717, 1.165) is 16.7 Å². The lowest BCUT2D eigenvalue weighted by Gasteiger charge is -2.40. The minimum absolute atomic E-state index is 0.560. The van der Waals surface area contributed by atoms with Crippen LogP contribution < -0.4 is 0 Å². The summed E-state index contributed by atoms with van der Waals surface area (Å²) in [4.78, 5) is 18.8. The Hall–Kier alpha value is -3.49. The Morgan fingerprint density at radius 3 is 2.19 bits per heavy atom. The first-order chi connectivity index (χ1) is 15.6. The first-order valence-electron chi connectivity index (χ1n) is 11.0. The Balaban J connectivity index is 1.53. The Morgan fingerprint density at radius 1 is 1.00 bits per heavy atom. The van der Waals surface area contributed by atoms with E-state index < -0.39 is 16.8 Å². The van der Waals surface area contributed by atoms with Crippen LogP contribution in [0, 0.1) is 11.3 Å². The molecule has 0 bridgehead atoms. The number of rotatable bonds is 7. The van der Waals surface area contributed by atoms with Crippen molar-refractivity contribution in [1.29, 1.82) is 5.26 Å². The van der Waals surface area contributed by atoms with Crippen LogP contribution in [0.5, 0.6) is 0 Å². The minimum Gasteiger partial charge on any atom is -0.481 e. The second kappa shape index (κ2) is 9.33. The fourth-order valence-electron chi connectivity index (χ4n) is 4.85. The largest absolute Gasteiger partial charge is 0.481 e. The van der Waals surface area contributed by atoms with Gasteiger partial charge < -0.3 is 10.0 Å². The molecule has 5 nitrogen and oxygen atoms in total. The lowest BCUT2D eigenvalue weighted by atomic mass is 9.71. The molecule has 3 aromatic rings. The summed E-state index contributed by atoms with van der Waals surface area (Å²) in [6.45, 7) is 2.08. The fourth-order valence-corrected chi connectivity index (χ4v) is 4.85. The van der Waals surface area contributed by atoms with Gasteiger partial charge in [0.2, 0.25) is 0 Å². The molecule has 2 aromatic carbocycles. The summed E-state index contributed by atoms with van der Waals surface area (Å²) in [5, 5.41) is 20.4. The lowest BCUT2D eigenvalue weighted by molar-refractivity contribution is -0.146. The molecule has 0 spiro atoms. The standard InChI is InChI=1S/C27H27N3O2/c28-21-27(23-10-5-2-6-11-23,24-12-7-16-29-20-24)15-19-30-17-13-26(14-18-30,25(31)32)22-8-3-1-4-9-22/h1-12,16,20H,13-15,17-19H2,(H,31,32). The number of nitriles is 1. The molecule has 1 aliphatic rings. The van der Waals surface area contributed by atoms with E-state index in [9.17, 15) is 15.2 Å². The second-order valence-corrected chi connectivity index (χ2v) is 8.47. The molecule has 1 unspecified atom stereocenters. The maximum atomic E-state index is 12.2. The number of carbonyl (C=O) groups is 1. The van der Waals surface area contributed by atoms with Gasteiger partial charge in [-0.05, 0) is 55.1 Å². The highest BCUT2D eigenvalue weighted by Gasteiger charge is 2.43. The van der Waals surface area contributed by atoms with E-state index in [1.807, 2.05) is 72.8 Å². The van der Waals surface area contributed by atoms with Gasteiger partial charge in [0, 0.05) is 18.9 Å². The van der Waals surface area contributed by atoms with Crippen molar-refractivity contribution in [2.75, 3.05) is 19.6 Å². The maximum absolute atomic E-state index is 12.2. The van der Waals surface area contributed by atoms with Gasteiger partial charge in [-0.15, -0.1) is 0 Å². The molecule has 1 aromatic heterocycles. The summed E-state index contributed by atoms with van der Waals surface area (Å²) in [6, 6.07) is 25.8. The summed E-state index contributed by atoms with van der Waals surface area (Å²) < 4.78 is 0. The second-order valence-electron chi connectivity index (χ2n) is 8.47. The molecule has 2 heterocycles. The molecule has 0 aliphatic carbocycles. The van der Waals surface area contributed by atoms with Gasteiger partial charge in [-0.1, -0.05) is 66.7 Å². The Kier molecular flexibility index (Phi) is 6.34. The molecule has 32 heavy (non-hydrogen) atoms. The third-order valence-electron chi connectivity index (χ3n) is 6.86. The van der Waals surface area contributed by atoms with E-state index in [2.05, 4.69) is 16.0 Å². The van der Waals surface area contributed by atoms with Crippen molar-refractivity contribution in [2.45, 2.75) is 30.1 Å². The van der Waals surface area contributed by atoms with E-state index >= 15 is 0 Å². The van der Waals surface area contributed by atoms with Gasteiger partial charge in [0.1, 0.15) is 5.41 Å². The van der Waals surface area contributed by atoms with E-state index in [0.29, 0.717) is 38.9 Å². The van der Waals surface area contributed by atoms with Crippen LogP contribution in [0.4, 0.5) is 0 Å². The SMILES string of the molecule is N#CC(CCN1CCC(C(=O)O)(c2ccccc2)CC1)(c1ccccc1)c1cccnc1. The van der Waals surface area contributed by atoms with Crippen LogP contribution in [0.3, 0.4) is 0 Å². The summed E-state index contributed by atoms with van der Waals surface area (Å²) in [7, 11) is 0. The number of hydrogen-bond acceptors (Lipinski definition) is 4. The summed E-state index contributed by atoms with van der Waals surface area (Å²) >= 11 is 0. The third kappa shape index (κ3) is 4.02. The number of aromatic nitrogens is 1. The fraction of sp³-hybridized carbons (Fsp3) is 0.296. The van der Waals surface area contributed by atoms with Crippen molar-refractivity contribution in [2.24, 2.45) is 0 Å². The number of hydrogen-bond donors (Lipinski definition) is 1. The zero-order valence-electron chi connectivity index (χ0n) is 18.0. The Labute approximate surface area is 189 Å². The minimum atomic E-state index is -0.840. The van der Waals surface area contributed by atoms with Gasteiger partial charge in [-0.25, -0.2) is 0 Å². The highest BCUT2D eigenvalue weighted by molar-refractivity contribution is 5.81. The smallest absolute Gasteiger partial charge is 0.314 e. The number of carboxylic acid groups (broad SMARTS) is 1. The zero-order chi connectivity index (χ0) is 22.4. The number of piperidine rings is 1. The van der Waals surface area contributed by atoms with Crippen LogP contribution in [-0.2, 0) is 15.6 Å². The van der Waals surface area contributed by atoms with Crippen molar-refractivity contribution in [1.82, 2.24) is 9.88 Å². The van der Waals surface area contributed by atoms with E-state index in [1.165, 1.54) is 0 Å². The van der Waals surface area contributed by atoms with Gasteiger partial charge in [0.15, 0.2) is 0 Å². The predicted molar refractivity (Wildman–Crippen MR) is 123 cm³/mol. The average molecular weight is 426 g/mol. The van der Waals surface area contributed by atoms with Crippen LogP contribution in [0.2, 0.25) is 0 Å². The van der Waals surface area contributed by atoms with Gasteiger partial charge in [0.25, 0.3) is 0 Å². The summed E-state index contributed by atoms with van der Waals surface area (Å²) in [5.74, 6) is -0.755. The summed E-state index contributed by atoms with van der Waals surface area (Å²) in [6.07, 6.45) is 5.23. The maximum Gasteiger partial charge on any atom is 0.314 e. The first kappa shape index (κ1) is 21.7. The molecule has 0 amide bonds. The molecular weight excluding hydrogens is 398 g/mol. The van der Waals surface area contributed by atoms with Crippen LogP contribution in [0.25, 0.3) is 0 Å². The molecule has 4 rings (SSSR count). The Morgan fingerprint density at radius 2 is 1.62 bits per heavy atom. The van der Waals surface area contributed by atoms with Crippen molar-refractivity contribution in [3.05, 3.63) is 102 Å².